The lowest BCUT2D eigenvalue weighted by Gasteiger charge is -2.37. The standard InChI is InChI=1S/C18H36N2O2/c1-14(2)17-6-5-15(3)11-18(17)22-13-16(21)12-20-9-7-19(4)8-10-20/h14-18,21H,5-13H2,1-4H3/p+2/t15-,16+,17-,18+/m0/s1. The maximum atomic E-state index is 10.3. The molecular formula is C18H38N2O2+2. The third-order valence-corrected chi connectivity index (χ3v) is 5.80. The van der Waals surface area contributed by atoms with Gasteiger partial charge in [-0.1, -0.05) is 27.2 Å². The van der Waals surface area contributed by atoms with E-state index >= 15 is 0 Å². The number of nitrogens with one attached hydrogen (secondary N) is 2. The first-order chi connectivity index (χ1) is 10.5. The molecule has 0 amide bonds. The van der Waals surface area contributed by atoms with Gasteiger partial charge in [0.15, 0.2) is 0 Å². The number of rotatable bonds is 6. The minimum atomic E-state index is -0.307. The zero-order valence-electron chi connectivity index (χ0n) is 15.1. The molecule has 0 aromatic heterocycles. The minimum Gasteiger partial charge on any atom is -0.385 e. The fourth-order valence-electron chi connectivity index (χ4n) is 4.17. The van der Waals surface area contributed by atoms with Crippen LogP contribution in [0.1, 0.15) is 40.0 Å². The summed E-state index contributed by atoms with van der Waals surface area (Å²) in [5.74, 6) is 2.12. The van der Waals surface area contributed by atoms with Gasteiger partial charge in [-0.2, -0.15) is 0 Å². The van der Waals surface area contributed by atoms with Crippen LogP contribution in [0, 0.1) is 17.8 Å². The fraction of sp³-hybridized carbons (Fsp3) is 1.00. The van der Waals surface area contributed by atoms with Crippen molar-refractivity contribution in [3.05, 3.63) is 0 Å². The van der Waals surface area contributed by atoms with Crippen LogP contribution in [-0.4, -0.2) is 63.7 Å². The third-order valence-electron chi connectivity index (χ3n) is 5.80. The van der Waals surface area contributed by atoms with Crippen molar-refractivity contribution in [2.75, 3.05) is 46.4 Å². The van der Waals surface area contributed by atoms with Crippen molar-refractivity contribution in [2.45, 2.75) is 52.2 Å². The second kappa shape index (κ2) is 8.62. The zero-order valence-corrected chi connectivity index (χ0v) is 15.1. The molecule has 1 aliphatic carbocycles. The SMILES string of the molecule is CC(C)[C@@H]1CC[C@H](C)C[C@H]1OC[C@H](O)C[NH+]1CC[NH+](C)CC1. The summed E-state index contributed by atoms with van der Waals surface area (Å²) >= 11 is 0. The van der Waals surface area contributed by atoms with Crippen molar-refractivity contribution >= 4 is 0 Å². The summed E-state index contributed by atoms with van der Waals surface area (Å²) < 4.78 is 6.18. The minimum absolute atomic E-state index is 0.307. The van der Waals surface area contributed by atoms with E-state index in [2.05, 4.69) is 27.8 Å². The molecule has 0 radical (unpaired) electrons. The first-order valence-electron chi connectivity index (χ1n) is 9.40. The van der Waals surface area contributed by atoms with Crippen LogP contribution in [-0.2, 0) is 4.74 Å². The average molecular weight is 315 g/mol. The van der Waals surface area contributed by atoms with E-state index in [0.29, 0.717) is 24.5 Å². The van der Waals surface area contributed by atoms with Gasteiger partial charge < -0.3 is 19.6 Å². The first-order valence-corrected chi connectivity index (χ1v) is 9.40. The smallest absolute Gasteiger partial charge is 0.127 e. The Kier molecular flexibility index (Phi) is 7.13. The maximum Gasteiger partial charge on any atom is 0.127 e. The highest BCUT2D eigenvalue weighted by Crippen LogP contribution is 2.35. The topological polar surface area (TPSA) is 38.3 Å². The summed E-state index contributed by atoms with van der Waals surface area (Å²) in [7, 11) is 2.26. The Bertz CT molecular complexity index is 316. The number of likely N-dealkylation sites (N-methyl/N-ethyl adjacent to an activating group) is 1. The Morgan fingerprint density at radius 1 is 1.14 bits per heavy atom. The molecule has 2 fully saturated rings. The first kappa shape index (κ1) is 18.2. The monoisotopic (exact) mass is 314 g/mol. The van der Waals surface area contributed by atoms with Gasteiger partial charge in [0.1, 0.15) is 38.8 Å². The van der Waals surface area contributed by atoms with Gasteiger partial charge in [0, 0.05) is 0 Å². The predicted octanol–water partition coefficient (Wildman–Crippen LogP) is -0.762. The number of hydrogen-bond acceptors (Lipinski definition) is 2. The molecule has 2 aliphatic rings. The van der Waals surface area contributed by atoms with E-state index in [1.165, 1.54) is 45.4 Å². The van der Waals surface area contributed by atoms with Crippen LogP contribution in [0.4, 0.5) is 0 Å². The molecule has 0 spiro atoms. The zero-order chi connectivity index (χ0) is 16.1. The van der Waals surface area contributed by atoms with Crippen LogP contribution in [0.5, 0.6) is 0 Å². The van der Waals surface area contributed by atoms with Gasteiger partial charge in [0.05, 0.1) is 19.8 Å². The lowest BCUT2D eigenvalue weighted by atomic mass is 9.75. The van der Waals surface area contributed by atoms with Crippen molar-refractivity contribution in [1.82, 2.24) is 0 Å². The van der Waals surface area contributed by atoms with Gasteiger partial charge in [-0.15, -0.1) is 0 Å². The molecule has 0 bridgehead atoms. The van der Waals surface area contributed by atoms with Crippen molar-refractivity contribution < 1.29 is 19.6 Å². The summed E-state index contributed by atoms with van der Waals surface area (Å²) in [6.45, 7) is 13.1. The average Bonchev–Trinajstić information content (AvgIpc) is 2.47. The highest BCUT2D eigenvalue weighted by molar-refractivity contribution is 4.81. The van der Waals surface area contributed by atoms with Gasteiger partial charge in [-0.3, -0.25) is 0 Å². The molecule has 3 N–H and O–H groups in total. The van der Waals surface area contributed by atoms with Crippen LogP contribution in [0.15, 0.2) is 0 Å². The van der Waals surface area contributed by atoms with Gasteiger partial charge in [-0.05, 0) is 30.6 Å². The highest BCUT2D eigenvalue weighted by Gasteiger charge is 2.32. The van der Waals surface area contributed by atoms with Gasteiger partial charge in [0.25, 0.3) is 0 Å². The third kappa shape index (κ3) is 5.48. The summed E-state index contributed by atoms with van der Waals surface area (Å²) in [5, 5.41) is 10.3. The van der Waals surface area contributed by atoms with Crippen LogP contribution >= 0.6 is 0 Å². The van der Waals surface area contributed by atoms with E-state index < -0.39 is 0 Å². The Hall–Kier alpha value is -0.160. The molecule has 0 unspecified atom stereocenters. The molecule has 1 heterocycles. The second-order valence-corrected chi connectivity index (χ2v) is 8.26. The molecule has 4 atom stereocenters. The van der Waals surface area contributed by atoms with E-state index in [4.69, 9.17) is 4.74 Å². The Balaban J connectivity index is 1.73. The van der Waals surface area contributed by atoms with E-state index in [-0.39, 0.29) is 6.10 Å². The summed E-state index contributed by atoms with van der Waals surface area (Å²) in [4.78, 5) is 3.16. The van der Waals surface area contributed by atoms with Crippen molar-refractivity contribution in [1.29, 1.82) is 0 Å². The lowest BCUT2D eigenvalue weighted by Crippen LogP contribution is -3.27. The lowest BCUT2D eigenvalue weighted by molar-refractivity contribution is -1.00. The summed E-state index contributed by atoms with van der Waals surface area (Å²) in [6.07, 6.45) is 3.83. The summed E-state index contributed by atoms with van der Waals surface area (Å²) in [6, 6.07) is 0. The van der Waals surface area contributed by atoms with Gasteiger partial charge >= 0.3 is 0 Å². The molecule has 0 aromatic carbocycles. The van der Waals surface area contributed by atoms with E-state index in [1.54, 1.807) is 9.80 Å². The fourth-order valence-corrected chi connectivity index (χ4v) is 4.17. The van der Waals surface area contributed by atoms with Crippen LogP contribution < -0.4 is 9.80 Å². The Morgan fingerprint density at radius 3 is 2.45 bits per heavy atom. The van der Waals surface area contributed by atoms with E-state index in [1.807, 2.05) is 0 Å². The quantitative estimate of drug-likeness (QED) is 0.603. The van der Waals surface area contributed by atoms with Crippen LogP contribution in [0.3, 0.4) is 0 Å². The number of quaternary nitrogens is 2. The molecule has 1 saturated heterocycles. The molecule has 1 saturated carbocycles. The van der Waals surface area contributed by atoms with Crippen molar-refractivity contribution in [3.8, 4) is 0 Å². The number of hydrogen-bond donors (Lipinski definition) is 3. The molecule has 130 valence electrons. The Labute approximate surface area is 136 Å². The number of aliphatic hydroxyl groups excluding tert-OH is 1. The molecular weight excluding hydrogens is 276 g/mol. The molecule has 1 aliphatic heterocycles. The summed E-state index contributed by atoms with van der Waals surface area (Å²) in [5.41, 5.74) is 0. The number of ether oxygens (including phenoxy) is 1. The number of aliphatic hydroxyl groups is 1. The molecule has 4 nitrogen and oxygen atoms in total. The van der Waals surface area contributed by atoms with Gasteiger partial charge in [-0.25, -0.2) is 0 Å². The van der Waals surface area contributed by atoms with Crippen LogP contribution in [0.2, 0.25) is 0 Å². The van der Waals surface area contributed by atoms with E-state index in [0.717, 1.165) is 12.5 Å². The molecule has 4 heteroatoms. The second-order valence-electron chi connectivity index (χ2n) is 8.26. The normalized spacial score (nSPS) is 38.2. The van der Waals surface area contributed by atoms with Crippen molar-refractivity contribution in [2.24, 2.45) is 17.8 Å². The van der Waals surface area contributed by atoms with Crippen molar-refractivity contribution in [3.63, 3.8) is 0 Å². The molecule has 2 rings (SSSR count). The maximum absolute atomic E-state index is 10.3. The molecule has 22 heavy (non-hydrogen) atoms. The van der Waals surface area contributed by atoms with Gasteiger partial charge in [0.2, 0.25) is 0 Å². The highest BCUT2D eigenvalue weighted by atomic mass is 16.5. The number of piperazine rings is 1. The van der Waals surface area contributed by atoms with Crippen LogP contribution in [0.25, 0.3) is 0 Å². The Morgan fingerprint density at radius 2 is 1.82 bits per heavy atom. The largest absolute Gasteiger partial charge is 0.385 e. The molecule has 0 aromatic rings. The van der Waals surface area contributed by atoms with E-state index in [9.17, 15) is 5.11 Å². The predicted molar refractivity (Wildman–Crippen MR) is 89.3 cm³/mol.